The van der Waals surface area contributed by atoms with E-state index in [1.54, 1.807) is 12.1 Å². The molecule has 2 aromatic carbocycles. The zero-order chi connectivity index (χ0) is 13.7. The monoisotopic (exact) mass is 258 g/mol. The van der Waals surface area contributed by atoms with Gasteiger partial charge in [-0.05, 0) is 36.4 Å². The van der Waals surface area contributed by atoms with Gasteiger partial charge in [0.05, 0.1) is 0 Å². The standard InChI is InChI=1S/C16H19FN2/c1-18-11-13-5-3-6-14(9-13)12-19(2)16-8-4-7-15(17)10-16/h3-10,18H,11-12H2,1-2H3. The summed E-state index contributed by atoms with van der Waals surface area (Å²) in [4.78, 5) is 2.04. The summed E-state index contributed by atoms with van der Waals surface area (Å²) in [6.07, 6.45) is 0. The first kappa shape index (κ1) is 13.6. The fraction of sp³-hybridized carbons (Fsp3) is 0.250. The molecule has 0 aliphatic carbocycles. The molecule has 2 aromatic rings. The van der Waals surface area contributed by atoms with E-state index >= 15 is 0 Å². The molecule has 0 atom stereocenters. The molecule has 0 aliphatic rings. The average Bonchev–Trinajstić information content (AvgIpc) is 2.39. The molecule has 0 heterocycles. The molecular weight excluding hydrogens is 239 g/mol. The smallest absolute Gasteiger partial charge is 0.125 e. The number of nitrogens with zero attached hydrogens (tertiary/aromatic N) is 1. The van der Waals surface area contributed by atoms with Crippen molar-refractivity contribution in [2.75, 3.05) is 19.0 Å². The minimum Gasteiger partial charge on any atom is -0.370 e. The van der Waals surface area contributed by atoms with Gasteiger partial charge in [0.15, 0.2) is 0 Å². The summed E-state index contributed by atoms with van der Waals surface area (Å²) in [7, 11) is 3.91. The van der Waals surface area contributed by atoms with Gasteiger partial charge < -0.3 is 10.2 Å². The molecule has 0 spiro atoms. The highest BCUT2D eigenvalue weighted by Crippen LogP contribution is 2.17. The lowest BCUT2D eigenvalue weighted by atomic mass is 10.1. The Morgan fingerprint density at radius 3 is 2.53 bits per heavy atom. The van der Waals surface area contributed by atoms with Crippen LogP contribution in [0.1, 0.15) is 11.1 Å². The molecule has 0 bridgehead atoms. The number of rotatable bonds is 5. The quantitative estimate of drug-likeness (QED) is 0.886. The van der Waals surface area contributed by atoms with Gasteiger partial charge in [0, 0.05) is 25.8 Å². The number of nitrogens with one attached hydrogen (secondary N) is 1. The maximum absolute atomic E-state index is 13.2. The van der Waals surface area contributed by atoms with E-state index in [9.17, 15) is 4.39 Å². The lowest BCUT2D eigenvalue weighted by Crippen LogP contribution is -2.16. The van der Waals surface area contributed by atoms with E-state index in [-0.39, 0.29) is 5.82 Å². The largest absolute Gasteiger partial charge is 0.370 e. The molecule has 0 saturated heterocycles. The Labute approximate surface area is 113 Å². The third-order valence-corrected chi connectivity index (χ3v) is 3.04. The summed E-state index contributed by atoms with van der Waals surface area (Å²) in [6, 6.07) is 15.1. The van der Waals surface area contributed by atoms with Crippen molar-refractivity contribution in [2.45, 2.75) is 13.1 Å². The van der Waals surface area contributed by atoms with Crippen LogP contribution in [0.2, 0.25) is 0 Å². The Bertz CT molecular complexity index is 540. The number of hydrogen-bond donors (Lipinski definition) is 1. The molecule has 0 fully saturated rings. The molecule has 0 aliphatic heterocycles. The first-order chi connectivity index (χ1) is 9.19. The van der Waals surface area contributed by atoms with Crippen LogP contribution in [0.25, 0.3) is 0 Å². The number of anilines is 1. The molecule has 3 heteroatoms. The minimum absolute atomic E-state index is 0.201. The second-order valence-corrected chi connectivity index (χ2v) is 4.69. The van der Waals surface area contributed by atoms with E-state index in [1.165, 1.54) is 17.2 Å². The van der Waals surface area contributed by atoms with Crippen molar-refractivity contribution in [2.24, 2.45) is 0 Å². The van der Waals surface area contributed by atoms with E-state index in [2.05, 4.69) is 29.6 Å². The first-order valence-corrected chi connectivity index (χ1v) is 6.38. The summed E-state index contributed by atoms with van der Waals surface area (Å²) in [5.74, 6) is -0.201. The van der Waals surface area contributed by atoms with Crippen molar-refractivity contribution in [1.29, 1.82) is 0 Å². The van der Waals surface area contributed by atoms with Crippen molar-refractivity contribution in [3.63, 3.8) is 0 Å². The molecule has 19 heavy (non-hydrogen) atoms. The molecule has 0 unspecified atom stereocenters. The van der Waals surface area contributed by atoms with Gasteiger partial charge in [0.2, 0.25) is 0 Å². The Morgan fingerprint density at radius 1 is 1.05 bits per heavy atom. The lowest BCUT2D eigenvalue weighted by molar-refractivity contribution is 0.627. The molecule has 2 rings (SSSR count). The summed E-state index contributed by atoms with van der Waals surface area (Å²) < 4.78 is 13.2. The molecule has 100 valence electrons. The summed E-state index contributed by atoms with van der Waals surface area (Å²) in [5, 5.41) is 3.14. The molecule has 0 aromatic heterocycles. The summed E-state index contributed by atoms with van der Waals surface area (Å²) in [6.45, 7) is 1.62. The number of hydrogen-bond acceptors (Lipinski definition) is 2. The van der Waals surface area contributed by atoms with Crippen LogP contribution in [0, 0.1) is 5.82 Å². The van der Waals surface area contributed by atoms with Crippen molar-refractivity contribution in [1.82, 2.24) is 5.32 Å². The number of halogens is 1. The van der Waals surface area contributed by atoms with Crippen LogP contribution in [0.3, 0.4) is 0 Å². The average molecular weight is 258 g/mol. The third-order valence-electron chi connectivity index (χ3n) is 3.04. The predicted molar refractivity (Wildman–Crippen MR) is 77.7 cm³/mol. The van der Waals surface area contributed by atoms with E-state index in [4.69, 9.17) is 0 Å². The van der Waals surface area contributed by atoms with Gasteiger partial charge >= 0.3 is 0 Å². The Kier molecular flexibility index (Phi) is 4.53. The number of benzene rings is 2. The van der Waals surface area contributed by atoms with Crippen molar-refractivity contribution in [3.05, 3.63) is 65.5 Å². The molecule has 2 nitrogen and oxygen atoms in total. The predicted octanol–water partition coefficient (Wildman–Crippen LogP) is 3.18. The van der Waals surface area contributed by atoms with Gasteiger partial charge in [-0.25, -0.2) is 4.39 Å². The fourth-order valence-corrected chi connectivity index (χ4v) is 2.12. The van der Waals surface area contributed by atoms with Gasteiger partial charge in [-0.2, -0.15) is 0 Å². The van der Waals surface area contributed by atoms with E-state index < -0.39 is 0 Å². The van der Waals surface area contributed by atoms with Crippen LogP contribution < -0.4 is 10.2 Å². The van der Waals surface area contributed by atoms with Gasteiger partial charge in [-0.3, -0.25) is 0 Å². The van der Waals surface area contributed by atoms with Crippen molar-refractivity contribution >= 4 is 5.69 Å². The van der Waals surface area contributed by atoms with Crippen LogP contribution in [0.5, 0.6) is 0 Å². The second kappa shape index (κ2) is 6.34. The highest BCUT2D eigenvalue weighted by atomic mass is 19.1. The third kappa shape index (κ3) is 3.80. The zero-order valence-corrected chi connectivity index (χ0v) is 11.4. The van der Waals surface area contributed by atoms with Crippen LogP contribution >= 0.6 is 0 Å². The second-order valence-electron chi connectivity index (χ2n) is 4.69. The van der Waals surface area contributed by atoms with E-state index in [0.717, 1.165) is 18.8 Å². The lowest BCUT2D eigenvalue weighted by Gasteiger charge is -2.19. The van der Waals surface area contributed by atoms with Crippen LogP contribution in [0.15, 0.2) is 48.5 Å². The van der Waals surface area contributed by atoms with E-state index in [1.807, 2.05) is 25.1 Å². The molecule has 1 N–H and O–H groups in total. The maximum Gasteiger partial charge on any atom is 0.125 e. The molecule has 0 radical (unpaired) electrons. The van der Waals surface area contributed by atoms with Gasteiger partial charge in [0.1, 0.15) is 5.82 Å². The highest BCUT2D eigenvalue weighted by Gasteiger charge is 2.03. The van der Waals surface area contributed by atoms with Gasteiger partial charge in [0.25, 0.3) is 0 Å². The maximum atomic E-state index is 13.2. The van der Waals surface area contributed by atoms with Gasteiger partial charge in [-0.15, -0.1) is 0 Å². The normalized spacial score (nSPS) is 10.5. The van der Waals surface area contributed by atoms with Crippen LogP contribution in [-0.4, -0.2) is 14.1 Å². The van der Waals surface area contributed by atoms with Crippen LogP contribution in [0.4, 0.5) is 10.1 Å². The fourth-order valence-electron chi connectivity index (χ4n) is 2.12. The summed E-state index contributed by atoms with van der Waals surface area (Å²) >= 11 is 0. The summed E-state index contributed by atoms with van der Waals surface area (Å²) in [5.41, 5.74) is 3.37. The highest BCUT2D eigenvalue weighted by molar-refractivity contribution is 5.46. The minimum atomic E-state index is -0.201. The van der Waals surface area contributed by atoms with Crippen molar-refractivity contribution in [3.8, 4) is 0 Å². The Morgan fingerprint density at radius 2 is 1.79 bits per heavy atom. The molecule has 0 amide bonds. The Balaban J connectivity index is 2.10. The van der Waals surface area contributed by atoms with Gasteiger partial charge in [-0.1, -0.05) is 30.3 Å². The zero-order valence-electron chi connectivity index (χ0n) is 11.4. The molecule has 0 saturated carbocycles. The van der Waals surface area contributed by atoms with Crippen molar-refractivity contribution < 1.29 is 4.39 Å². The molecular formula is C16H19FN2. The topological polar surface area (TPSA) is 15.3 Å². The SMILES string of the molecule is CNCc1cccc(CN(C)c2cccc(F)c2)c1. The van der Waals surface area contributed by atoms with Crippen LogP contribution in [-0.2, 0) is 13.1 Å². The van der Waals surface area contributed by atoms with E-state index in [0.29, 0.717) is 0 Å². The Hall–Kier alpha value is -1.87. The first-order valence-electron chi connectivity index (χ1n) is 6.38.